The summed E-state index contributed by atoms with van der Waals surface area (Å²) < 4.78 is 0. The summed E-state index contributed by atoms with van der Waals surface area (Å²) in [6.07, 6.45) is 0. The van der Waals surface area contributed by atoms with E-state index in [4.69, 9.17) is 0 Å². The number of thiazole rings is 1. The number of nitrogens with zero attached hydrogens (tertiary/aromatic N) is 1. The van der Waals surface area contributed by atoms with Crippen LogP contribution in [0.2, 0.25) is 0 Å². The molecule has 0 unspecified atom stereocenters. The molecule has 2 aromatic carbocycles. The second-order valence-electron chi connectivity index (χ2n) is 6.87. The van der Waals surface area contributed by atoms with Crippen LogP contribution in [0.25, 0.3) is 21.8 Å². The predicted molar refractivity (Wildman–Crippen MR) is 103 cm³/mol. The van der Waals surface area contributed by atoms with Crippen LogP contribution in [0.1, 0.15) is 20.8 Å². The van der Waals surface area contributed by atoms with Crippen LogP contribution in [-0.4, -0.2) is 16.0 Å². The van der Waals surface area contributed by atoms with Crippen molar-refractivity contribution in [1.82, 2.24) is 4.98 Å². The van der Waals surface area contributed by atoms with Gasteiger partial charge in [0.15, 0.2) is 0 Å². The molecule has 3 rings (SSSR count). The number of phenolic OH excluding ortho intramolecular Hbond substituents is 1. The number of rotatable bonds is 3. The average Bonchev–Trinajstić information content (AvgIpc) is 3.05. The molecule has 4 nitrogen and oxygen atoms in total. The highest BCUT2D eigenvalue weighted by Gasteiger charge is 2.21. The molecule has 0 atom stereocenters. The van der Waals surface area contributed by atoms with Crippen LogP contribution in [0.4, 0.5) is 5.69 Å². The number of hydrogen-bond donors (Lipinski definition) is 2. The molecular weight excluding hydrogens is 332 g/mol. The lowest BCUT2D eigenvalue weighted by molar-refractivity contribution is -0.123. The Labute approximate surface area is 151 Å². The van der Waals surface area contributed by atoms with Crippen molar-refractivity contribution in [3.63, 3.8) is 0 Å². The Bertz CT molecular complexity index is 893. The molecule has 0 aliphatic rings. The van der Waals surface area contributed by atoms with E-state index < -0.39 is 5.41 Å². The van der Waals surface area contributed by atoms with Crippen LogP contribution in [0.15, 0.2) is 53.9 Å². The van der Waals surface area contributed by atoms with Gasteiger partial charge in [0.1, 0.15) is 10.8 Å². The second-order valence-corrected chi connectivity index (χ2v) is 7.73. The molecule has 0 saturated carbocycles. The van der Waals surface area contributed by atoms with Crippen molar-refractivity contribution in [2.75, 3.05) is 5.32 Å². The van der Waals surface area contributed by atoms with E-state index in [-0.39, 0.29) is 11.7 Å². The quantitative estimate of drug-likeness (QED) is 0.684. The summed E-state index contributed by atoms with van der Waals surface area (Å²) in [5, 5.41) is 15.4. The number of hydrogen-bond acceptors (Lipinski definition) is 4. The third-order valence-electron chi connectivity index (χ3n) is 3.72. The molecule has 0 aliphatic carbocycles. The molecule has 0 fully saturated rings. The number of benzene rings is 2. The summed E-state index contributed by atoms with van der Waals surface area (Å²) in [7, 11) is 0. The van der Waals surface area contributed by atoms with Crippen molar-refractivity contribution in [3.8, 4) is 27.6 Å². The van der Waals surface area contributed by atoms with Crippen molar-refractivity contribution in [2.24, 2.45) is 5.41 Å². The summed E-state index contributed by atoms with van der Waals surface area (Å²) in [5.74, 6) is 0.216. The van der Waals surface area contributed by atoms with Gasteiger partial charge in [-0.15, -0.1) is 11.3 Å². The highest BCUT2D eigenvalue weighted by atomic mass is 32.1. The van der Waals surface area contributed by atoms with Crippen LogP contribution in [0, 0.1) is 5.41 Å². The fourth-order valence-electron chi connectivity index (χ4n) is 2.22. The standard InChI is InChI=1S/C20H20N2O2S/c1-20(2,3)19(24)21-15-9-7-13(8-10-15)17-12-25-18(22-17)14-5-4-6-16(23)11-14/h4-12,23H,1-3H3,(H,21,24). The summed E-state index contributed by atoms with van der Waals surface area (Å²) >= 11 is 1.53. The zero-order valence-corrected chi connectivity index (χ0v) is 15.2. The summed E-state index contributed by atoms with van der Waals surface area (Å²) in [6, 6.07) is 14.7. The maximum atomic E-state index is 12.0. The van der Waals surface area contributed by atoms with Crippen molar-refractivity contribution in [2.45, 2.75) is 20.8 Å². The van der Waals surface area contributed by atoms with Crippen LogP contribution in [-0.2, 0) is 4.79 Å². The molecule has 1 amide bonds. The first-order chi connectivity index (χ1) is 11.8. The molecule has 25 heavy (non-hydrogen) atoms. The fraction of sp³-hybridized carbons (Fsp3) is 0.200. The van der Waals surface area contributed by atoms with Crippen molar-refractivity contribution in [1.29, 1.82) is 0 Å². The first-order valence-electron chi connectivity index (χ1n) is 8.00. The predicted octanol–water partition coefficient (Wildman–Crippen LogP) is 5.17. The Morgan fingerprint density at radius 3 is 2.44 bits per heavy atom. The van der Waals surface area contributed by atoms with Gasteiger partial charge in [-0.3, -0.25) is 4.79 Å². The first-order valence-corrected chi connectivity index (χ1v) is 8.88. The SMILES string of the molecule is CC(C)(C)C(=O)Nc1ccc(-c2csc(-c3cccc(O)c3)n2)cc1. The monoisotopic (exact) mass is 352 g/mol. The van der Waals surface area contributed by atoms with Crippen molar-refractivity contribution in [3.05, 3.63) is 53.9 Å². The highest BCUT2D eigenvalue weighted by molar-refractivity contribution is 7.13. The van der Waals surface area contributed by atoms with E-state index in [0.29, 0.717) is 0 Å². The van der Waals surface area contributed by atoms with Gasteiger partial charge in [0.05, 0.1) is 5.69 Å². The van der Waals surface area contributed by atoms with Gasteiger partial charge >= 0.3 is 0 Å². The maximum absolute atomic E-state index is 12.0. The Hall–Kier alpha value is -2.66. The third-order valence-corrected chi connectivity index (χ3v) is 4.61. The number of phenols is 1. The smallest absolute Gasteiger partial charge is 0.229 e. The molecule has 3 aromatic rings. The Morgan fingerprint density at radius 2 is 1.80 bits per heavy atom. The molecule has 2 N–H and O–H groups in total. The van der Waals surface area contributed by atoms with Crippen LogP contribution in [0.5, 0.6) is 5.75 Å². The summed E-state index contributed by atoms with van der Waals surface area (Å²) in [6.45, 7) is 5.65. The van der Waals surface area contributed by atoms with Gasteiger partial charge in [-0.25, -0.2) is 4.98 Å². The lowest BCUT2D eigenvalue weighted by atomic mass is 9.95. The number of amides is 1. The maximum Gasteiger partial charge on any atom is 0.229 e. The third kappa shape index (κ3) is 4.06. The number of aromatic hydroxyl groups is 1. The average molecular weight is 352 g/mol. The zero-order chi connectivity index (χ0) is 18.0. The molecule has 5 heteroatoms. The van der Waals surface area contributed by atoms with Crippen LogP contribution in [0.3, 0.4) is 0 Å². The minimum absolute atomic E-state index is 0.0138. The molecule has 0 bridgehead atoms. The first kappa shape index (κ1) is 17.2. The number of aromatic nitrogens is 1. The number of nitrogens with one attached hydrogen (secondary N) is 1. The van der Waals surface area contributed by atoms with Gasteiger partial charge in [0, 0.05) is 27.6 Å². The minimum atomic E-state index is -0.427. The van der Waals surface area contributed by atoms with Crippen LogP contribution < -0.4 is 5.32 Å². The zero-order valence-electron chi connectivity index (χ0n) is 14.4. The molecule has 128 valence electrons. The Balaban J connectivity index is 1.78. The van der Waals surface area contributed by atoms with E-state index in [1.165, 1.54) is 11.3 Å². The molecule has 0 radical (unpaired) electrons. The van der Waals surface area contributed by atoms with Gasteiger partial charge in [-0.1, -0.05) is 45.0 Å². The normalized spacial score (nSPS) is 11.3. The van der Waals surface area contributed by atoms with Gasteiger partial charge < -0.3 is 10.4 Å². The summed E-state index contributed by atoms with van der Waals surface area (Å²) in [4.78, 5) is 16.7. The topological polar surface area (TPSA) is 62.2 Å². The Kier molecular flexibility index (Phi) is 4.59. The van der Waals surface area contributed by atoms with E-state index in [2.05, 4.69) is 10.3 Å². The Morgan fingerprint density at radius 1 is 1.08 bits per heavy atom. The number of carbonyl (C=O) groups is 1. The van der Waals surface area contributed by atoms with Crippen molar-refractivity contribution >= 4 is 22.9 Å². The highest BCUT2D eigenvalue weighted by Crippen LogP contribution is 2.31. The molecule has 1 heterocycles. The van der Waals surface area contributed by atoms with E-state index >= 15 is 0 Å². The van der Waals surface area contributed by atoms with E-state index in [9.17, 15) is 9.90 Å². The molecule has 0 spiro atoms. The summed E-state index contributed by atoms with van der Waals surface area (Å²) in [5.41, 5.74) is 3.09. The number of carbonyl (C=O) groups excluding carboxylic acids is 1. The molecule has 1 aromatic heterocycles. The lowest BCUT2D eigenvalue weighted by Crippen LogP contribution is -2.27. The van der Waals surface area contributed by atoms with E-state index in [1.807, 2.05) is 56.5 Å². The lowest BCUT2D eigenvalue weighted by Gasteiger charge is -2.17. The van der Waals surface area contributed by atoms with Gasteiger partial charge in [-0.05, 0) is 24.3 Å². The van der Waals surface area contributed by atoms with E-state index in [1.54, 1.807) is 18.2 Å². The molecule has 0 aliphatic heterocycles. The largest absolute Gasteiger partial charge is 0.508 e. The van der Waals surface area contributed by atoms with Gasteiger partial charge in [0.2, 0.25) is 5.91 Å². The number of anilines is 1. The minimum Gasteiger partial charge on any atom is -0.508 e. The molecule has 0 saturated heterocycles. The van der Waals surface area contributed by atoms with Gasteiger partial charge in [-0.2, -0.15) is 0 Å². The van der Waals surface area contributed by atoms with E-state index in [0.717, 1.165) is 27.5 Å². The van der Waals surface area contributed by atoms with Crippen LogP contribution >= 0.6 is 11.3 Å². The second kappa shape index (κ2) is 6.69. The fourth-order valence-corrected chi connectivity index (χ4v) is 3.05. The molecular formula is C20H20N2O2S. The van der Waals surface area contributed by atoms with Crippen molar-refractivity contribution < 1.29 is 9.90 Å². The van der Waals surface area contributed by atoms with Gasteiger partial charge in [0.25, 0.3) is 0 Å².